The minimum absolute atomic E-state index is 0.0703. The van der Waals surface area contributed by atoms with Crippen LogP contribution >= 0.6 is 11.6 Å². The van der Waals surface area contributed by atoms with Gasteiger partial charge < -0.3 is 9.64 Å². The van der Waals surface area contributed by atoms with Gasteiger partial charge in [0.05, 0.1) is 4.90 Å². The summed E-state index contributed by atoms with van der Waals surface area (Å²) in [5.41, 5.74) is 0.725. The van der Waals surface area contributed by atoms with Crippen LogP contribution in [0.1, 0.15) is 12.8 Å². The predicted octanol–water partition coefficient (Wildman–Crippen LogP) is 3.17. The fourth-order valence-electron chi connectivity index (χ4n) is 2.87. The number of anilines is 1. The molecule has 8 heteroatoms. The average Bonchev–Trinajstić information content (AvgIpc) is 3.08. The first-order valence-electron chi connectivity index (χ1n) is 8.63. The Bertz CT molecular complexity index is 916. The van der Waals surface area contributed by atoms with E-state index in [1.165, 1.54) is 23.5 Å². The molecule has 6 nitrogen and oxygen atoms in total. The number of hydrogen-bond donors (Lipinski definition) is 0. The summed E-state index contributed by atoms with van der Waals surface area (Å²) in [6.07, 6.45) is 1.36. The number of hydrogen-bond acceptors (Lipinski definition) is 4. The molecule has 0 spiro atoms. The molecule has 27 heavy (non-hydrogen) atoms. The van der Waals surface area contributed by atoms with Crippen LogP contribution in [0.4, 0.5) is 5.69 Å². The Morgan fingerprint density at radius 3 is 2.56 bits per heavy atom. The van der Waals surface area contributed by atoms with Crippen molar-refractivity contribution < 1.29 is 17.9 Å². The van der Waals surface area contributed by atoms with Crippen LogP contribution in [0.15, 0.2) is 53.4 Å². The van der Waals surface area contributed by atoms with Crippen molar-refractivity contribution in [2.45, 2.75) is 17.7 Å². The van der Waals surface area contributed by atoms with Crippen molar-refractivity contribution in [2.24, 2.45) is 0 Å². The van der Waals surface area contributed by atoms with Gasteiger partial charge in [0.25, 0.3) is 0 Å². The molecule has 2 aromatic rings. The Morgan fingerprint density at radius 2 is 1.93 bits per heavy atom. The summed E-state index contributed by atoms with van der Waals surface area (Å²) in [5, 5.41) is 0.560. The summed E-state index contributed by atoms with van der Waals surface area (Å²) >= 11 is 5.90. The van der Waals surface area contributed by atoms with E-state index in [1.807, 2.05) is 0 Å². The lowest BCUT2D eigenvalue weighted by atomic mass is 10.3. The van der Waals surface area contributed by atoms with Crippen molar-refractivity contribution in [3.8, 4) is 5.75 Å². The van der Waals surface area contributed by atoms with Gasteiger partial charge in [0.2, 0.25) is 15.9 Å². The Kier molecular flexibility index (Phi) is 6.04. The first-order valence-corrected chi connectivity index (χ1v) is 10.4. The lowest BCUT2D eigenvalue weighted by Gasteiger charge is -2.19. The van der Waals surface area contributed by atoms with E-state index in [9.17, 15) is 13.2 Å². The molecule has 0 saturated carbocycles. The second kappa shape index (κ2) is 8.29. The SMILES string of the molecule is CN(CCOc1cccc(Cl)c1)S(=O)(=O)c1ccc(N2CCCC2=O)cc1. The Labute approximate surface area is 164 Å². The molecule has 144 valence electrons. The van der Waals surface area contributed by atoms with Crippen molar-refractivity contribution in [2.75, 3.05) is 31.6 Å². The van der Waals surface area contributed by atoms with E-state index in [1.54, 1.807) is 41.3 Å². The molecule has 0 atom stereocenters. The predicted molar refractivity (Wildman–Crippen MR) is 105 cm³/mol. The van der Waals surface area contributed by atoms with Gasteiger partial charge in [-0.3, -0.25) is 4.79 Å². The molecule has 0 bridgehead atoms. The van der Waals surface area contributed by atoms with Crippen molar-refractivity contribution >= 4 is 33.2 Å². The van der Waals surface area contributed by atoms with Gasteiger partial charge >= 0.3 is 0 Å². The monoisotopic (exact) mass is 408 g/mol. The van der Waals surface area contributed by atoms with E-state index in [2.05, 4.69) is 0 Å². The number of likely N-dealkylation sites (N-methyl/N-ethyl adjacent to an activating group) is 1. The third-order valence-corrected chi connectivity index (χ3v) is 6.51. The zero-order chi connectivity index (χ0) is 19.4. The van der Waals surface area contributed by atoms with Crippen molar-refractivity contribution in [1.82, 2.24) is 4.31 Å². The van der Waals surface area contributed by atoms with E-state index >= 15 is 0 Å². The van der Waals surface area contributed by atoms with E-state index in [-0.39, 0.29) is 24.0 Å². The molecule has 1 aliphatic rings. The Morgan fingerprint density at radius 1 is 1.19 bits per heavy atom. The molecular weight excluding hydrogens is 388 g/mol. The average molecular weight is 409 g/mol. The molecule has 1 heterocycles. The molecule has 1 fully saturated rings. The fourth-order valence-corrected chi connectivity index (χ4v) is 4.20. The molecule has 0 N–H and O–H groups in total. The first-order chi connectivity index (χ1) is 12.9. The van der Waals surface area contributed by atoms with Gasteiger partial charge in [-0.2, -0.15) is 4.31 Å². The third-order valence-electron chi connectivity index (χ3n) is 4.40. The number of rotatable bonds is 7. The highest BCUT2D eigenvalue weighted by Gasteiger charge is 2.24. The van der Waals surface area contributed by atoms with Crippen molar-refractivity contribution in [3.63, 3.8) is 0 Å². The van der Waals surface area contributed by atoms with Gasteiger partial charge in [-0.15, -0.1) is 0 Å². The Balaban J connectivity index is 1.61. The molecule has 1 aliphatic heterocycles. The van der Waals surface area contributed by atoms with Crippen LogP contribution in [-0.2, 0) is 14.8 Å². The minimum atomic E-state index is -3.63. The highest BCUT2D eigenvalue weighted by molar-refractivity contribution is 7.89. The van der Waals surface area contributed by atoms with E-state index < -0.39 is 10.0 Å². The van der Waals surface area contributed by atoms with E-state index in [0.29, 0.717) is 23.7 Å². The summed E-state index contributed by atoms with van der Waals surface area (Å²) in [6.45, 7) is 1.07. The van der Waals surface area contributed by atoms with Crippen LogP contribution in [-0.4, -0.2) is 45.4 Å². The summed E-state index contributed by atoms with van der Waals surface area (Å²) in [7, 11) is -2.12. The molecule has 0 aromatic heterocycles. The van der Waals surface area contributed by atoms with Crippen molar-refractivity contribution in [3.05, 3.63) is 53.6 Å². The number of amides is 1. The maximum absolute atomic E-state index is 12.7. The number of halogens is 1. The summed E-state index contributed by atoms with van der Waals surface area (Å²) < 4.78 is 32.2. The lowest BCUT2D eigenvalue weighted by molar-refractivity contribution is -0.117. The summed E-state index contributed by atoms with van der Waals surface area (Å²) in [5.74, 6) is 0.661. The van der Waals surface area contributed by atoms with Crippen LogP contribution in [0, 0.1) is 0 Å². The maximum atomic E-state index is 12.7. The van der Waals surface area contributed by atoms with Gasteiger partial charge in [0.1, 0.15) is 12.4 Å². The number of ether oxygens (including phenoxy) is 1. The quantitative estimate of drug-likeness (QED) is 0.705. The third kappa shape index (κ3) is 4.61. The Hall–Kier alpha value is -2.09. The summed E-state index contributed by atoms with van der Waals surface area (Å²) in [4.78, 5) is 13.7. The second-order valence-corrected chi connectivity index (χ2v) is 8.76. The highest BCUT2D eigenvalue weighted by Crippen LogP contribution is 2.24. The number of carbonyl (C=O) groups is 1. The van der Waals surface area contributed by atoms with Gasteiger partial charge in [-0.05, 0) is 48.9 Å². The maximum Gasteiger partial charge on any atom is 0.242 e. The van der Waals surface area contributed by atoms with Crippen LogP contribution in [0.3, 0.4) is 0 Å². The lowest BCUT2D eigenvalue weighted by Crippen LogP contribution is -2.31. The van der Waals surface area contributed by atoms with Crippen molar-refractivity contribution in [1.29, 1.82) is 0 Å². The van der Waals surface area contributed by atoms with Gasteiger partial charge in [0.15, 0.2) is 0 Å². The second-order valence-electron chi connectivity index (χ2n) is 6.28. The van der Waals surface area contributed by atoms with Crippen LogP contribution < -0.4 is 9.64 Å². The number of carbonyl (C=O) groups excluding carboxylic acids is 1. The molecule has 1 amide bonds. The van der Waals surface area contributed by atoms with E-state index in [4.69, 9.17) is 16.3 Å². The van der Waals surface area contributed by atoms with Gasteiger partial charge in [0, 0.05) is 37.3 Å². The van der Waals surface area contributed by atoms with E-state index in [0.717, 1.165) is 12.1 Å². The molecule has 0 radical (unpaired) electrons. The molecule has 3 rings (SSSR count). The fraction of sp³-hybridized carbons (Fsp3) is 0.316. The van der Waals surface area contributed by atoms with Crippen LogP contribution in [0.2, 0.25) is 5.02 Å². The normalized spacial score (nSPS) is 14.8. The zero-order valence-electron chi connectivity index (χ0n) is 15.0. The smallest absolute Gasteiger partial charge is 0.242 e. The standard InChI is InChI=1S/C19H21ClN2O4S/c1-21(12-13-26-17-5-2-4-15(20)14-17)27(24,25)18-9-7-16(8-10-18)22-11-3-6-19(22)23/h2,4-5,7-10,14H,3,6,11-13H2,1H3. The van der Waals surface area contributed by atoms with Gasteiger partial charge in [-0.25, -0.2) is 8.42 Å². The molecule has 0 aliphatic carbocycles. The number of sulfonamides is 1. The van der Waals surface area contributed by atoms with Crippen LogP contribution in [0.25, 0.3) is 0 Å². The summed E-state index contributed by atoms with van der Waals surface area (Å²) in [6, 6.07) is 13.4. The minimum Gasteiger partial charge on any atom is -0.492 e. The zero-order valence-corrected chi connectivity index (χ0v) is 16.5. The first kappa shape index (κ1) is 19.7. The topological polar surface area (TPSA) is 66.9 Å². The molecule has 2 aromatic carbocycles. The largest absolute Gasteiger partial charge is 0.492 e. The highest BCUT2D eigenvalue weighted by atomic mass is 35.5. The van der Waals surface area contributed by atoms with Gasteiger partial charge in [-0.1, -0.05) is 17.7 Å². The van der Waals surface area contributed by atoms with Crippen LogP contribution in [0.5, 0.6) is 5.75 Å². The molecular formula is C19H21ClN2O4S. The number of nitrogens with zero attached hydrogens (tertiary/aromatic N) is 2. The molecule has 0 unspecified atom stereocenters. The number of benzene rings is 2. The molecule has 1 saturated heterocycles.